The summed E-state index contributed by atoms with van der Waals surface area (Å²) in [6.45, 7) is 2.29. The highest BCUT2D eigenvalue weighted by Gasteiger charge is 2.16. The lowest BCUT2D eigenvalue weighted by Gasteiger charge is -2.13. The van der Waals surface area contributed by atoms with E-state index in [-0.39, 0.29) is 11.5 Å². The minimum Gasteiger partial charge on any atom is -0.383 e. The van der Waals surface area contributed by atoms with Crippen LogP contribution in [0.15, 0.2) is 18.3 Å². The lowest BCUT2D eigenvalue weighted by atomic mass is 10.2. The normalized spacial score (nSPS) is 11.7. The first-order valence-electron chi connectivity index (χ1n) is 5.73. The molecule has 1 aromatic heterocycles. The van der Waals surface area contributed by atoms with E-state index < -0.39 is 17.9 Å². The van der Waals surface area contributed by atoms with Gasteiger partial charge in [-0.2, -0.15) is 4.39 Å². The number of pyridine rings is 1. The monoisotopic (exact) mass is 269 g/mol. The van der Waals surface area contributed by atoms with Crippen molar-refractivity contribution in [3.8, 4) is 0 Å². The Hall–Kier alpha value is -2.02. The molecule has 2 N–H and O–H groups in total. The van der Waals surface area contributed by atoms with Crippen LogP contribution in [0.2, 0.25) is 0 Å². The van der Waals surface area contributed by atoms with Gasteiger partial charge in [-0.25, -0.2) is 4.98 Å². The van der Waals surface area contributed by atoms with Gasteiger partial charge in [0.1, 0.15) is 6.04 Å². The Balaban J connectivity index is 2.49. The Labute approximate surface area is 110 Å². The van der Waals surface area contributed by atoms with Gasteiger partial charge in [-0.1, -0.05) is 0 Å². The molecule has 0 bridgehead atoms. The lowest BCUT2D eigenvalue weighted by Crippen LogP contribution is -2.45. The van der Waals surface area contributed by atoms with Crippen molar-refractivity contribution in [1.29, 1.82) is 0 Å². The number of halogens is 1. The van der Waals surface area contributed by atoms with Gasteiger partial charge in [0, 0.05) is 31.5 Å². The Morgan fingerprint density at radius 2 is 2.26 bits per heavy atom. The molecule has 1 rings (SSSR count). The van der Waals surface area contributed by atoms with Crippen molar-refractivity contribution < 1.29 is 18.7 Å². The molecule has 7 heteroatoms. The smallest absolute Gasteiger partial charge is 0.252 e. The average molecular weight is 269 g/mol. The second-order valence-corrected chi connectivity index (χ2v) is 3.85. The van der Waals surface area contributed by atoms with Gasteiger partial charge >= 0.3 is 0 Å². The molecule has 0 fully saturated rings. The van der Waals surface area contributed by atoms with Crippen LogP contribution < -0.4 is 10.6 Å². The van der Waals surface area contributed by atoms with Crippen molar-refractivity contribution in [3.05, 3.63) is 29.8 Å². The third-order valence-electron chi connectivity index (χ3n) is 2.34. The molecule has 0 saturated heterocycles. The first-order chi connectivity index (χ1) is 9.04. The highest BCUT2D eigenvalue weighted by molar-refractivity contribution is 5.97. The summed E-state index contributed by atoms with van der Waals surface area (Å²) in [6, 6.07) is 1.65. The predicted molar refractivity (Wildman–Crippen MR) is 66.0 cm³/mol. The molecule has 1 unspecified atom stereocenters. The Morgan fingerprint density at radius 3 is 2.89 bits per heavy atom. The number of hydrogen-bond donors (Lipinski definition) is 2. The van der Waals surface area contributed by atoms with Crippen LogP contribution in [0, 0.1) is 5.95 Å². The van der Waals surface area contributed by atoms with E-state index in [2.05, 4.69) is 15.6 Å². The summed E-state index contributed by atoms with van der Waals surface area (Å²) < 4.78 is 17.6. The summed E-state index contributed by atoms with van der Waals surface area (Å²) in [6.07, 6.45) is 1.19. The molecular formula is C12H16FN3O3. The maximum Gasteiger partial charge on any atom is 0.252 e. The van der Waals surface area contributed by atoms with E-state index in [9.17, 15) is 14.0 Å². The van der Waals surface area contributed by atoms with E-state index in [1.165, 1.54) is 26.3 Å². The van der Waals surface area contributed by atoms with Crippen LogP contribution in [0.3, 0.4) is 0 Å². The molecule has 0 radical (unpaired) electrons. The van der Waals surface area contributed by atoms with Crippen molar-refractivity contribution in [2.24, 2.45) is 0 Å². The molecule has 0 aliphatic rings. The number of rotatable bonds is 6. The van der Waals surface area contributed by atoms with Gasteiger partial charge in [-0.15, -0.1) is 0 Å². The predicted octanol–water partition coefficient (Wildman–Crippen LogP) is 0.102. The number of aromatic nitrogens is 1. The fraction of sp³-hybridized carbons (Fsp3) is 0.417. The summed E-state index contributed by atoms with van der Waals surface area (Å²) in [7, 11) is 1.52. The topological polar surface area (TPSA) is 80.3 Å². The summed E-state index contributed by atoms with van der Waals surface area (Å²) in [4.78, 5) is 26.7. The number of methoxy groups -OCH3 is 1. The highest BCUT2D eigenvalue weighted by atomic mass is 19.1. The van der Waals surface area contributed by atoms with Gasteiger partial charge in [0.2, 0.25) is 11.9 Å². The number of ether oxygens (including phenoxy) is 1. The van der Waals surface area contributed by atoms with Crippen LogP contribution in [-0.4, -0.2) is 43.1 Å². The minimum absolute atomic E-state index is 0.115. The maximum atomic E-state index is 12.8. The largest absolute Gasteiger partial charge is 0.383 e. The van der Waals surface area contributed by atoms with Gasteiger partial charge in [-0.3, -0.25) is 9.59 Å². The Bertz CT molecular complexity index is 454. The third kappa shape index (κ3) is 5.01. The molecule has 0 spiro atoms. The molecule has 6 nitrogen and oxygen atoms in total. The number of nitrogens with zero attached hydrogens (tertiary/aromatic N) is 1. The molecule has 1 atom stereocenters. The molecule has 0 aliphatic heterocycles. The third-order valence-corrected chi connectivity index (χ3v) is 2.34. The van der Waals surface area contributed by atoms with E-state index in [1.54, 1.807) is 0 Å². The molecule has 19 heavy (non-hydrogen) atoms. The first-order valence-corrected chi connectivity index (χ1v) is 5.73. The Kier molecular flexibility index (Phi) is 5.87. The molecule has 0 aromatic carbocycles. The summed E-state index contributed by atoms with van der Waals surface area (Å²) in [5, 5.41) is 5.05. The number of carbonyl (C=O) groups is 2. The SMILES string of the molecule is COCCNC(=O)C(C)NC(=O)c1ccnc(F)c1. The van der Waals surface area contributed by atoms with Crippen molar-refractivity contribution in [2.45, 2.75) is 13.0 Å². The van der Waals surface area contributed by atoms with Crippen LogP contribution in [0.25, 0.3) is 0 Å². The number of nitrogens with one attached hydrogen (secondary N) is 2. The second kappa shape index (κ2) is 7.42. The van der Waals surface area contributed by atoms with E-state index in [0.717, 1.165) is 6.07 Å². The maximum absolute atomic E-state index is 12.8. The van der Waals surface area contributed by atoms with Crippen molar-refractivity contribution >= 4 is 11.8 Å². The van der Waals surface area contributed by atoms with E-state index >= 15 is 0 Å². The lowest BCUT2D eigenvalue weighted by molar-refractivity contribution is -0.122. The number of amides is 2. The van der Waals surface area contributed by atoms with Gasteiger partial charge in [-0.05, 0) is 13.0 Å². The zero-order valence-corrected chi connectivity index (χ0v) is 10.8. The van der Waals surface area contributed by atoms with Gasteiger partial charge in [0.15, 0.2) is 0 Å². The van der Waals surface area contributed by atoms with Crippen LogP contribution in [0.4, 0.5) is 4.39 Å². The molecule has 1 heterocycles. The van der Waals surface area contributed by atoms with Gasteiger partial charge in [0.05, 0.1) is 6.61 Å². The fourth-order valence-electron chi connectivity index (χ4n) is 1.32. The molecular weight excluding hydrogens is 253 g/mol. The molecule has 0 aliphatic carbocycles. The summed E-state index contributed by atoms with van der Waals surface area (Å²) >= 11 is 0. The van der Waals surface area contributed by atoms with Crippen molar-refractivity contribution in [3.63, 3.8) is 0 Å². The van der Waals surface area contributed by atoms with Crippen molar-refractivity contribution in [1.82, 2.24) is 15.6 Å². The summed E-state index contributed by atoms with van der Waals surface area (Å²) in [5.41, 5.74) is 0.115. The van der Waals surface area contributed by atoms with E-state index in [4.69, 9.17) is 4.74 Å². The van der Waals surface area contributed by atoms with Gasteiger partial charge in [0.25, 0.3) is 5.91 Å². The highest BCUT2D eigenvalue weighted by Crippen LogP contribution is 2.00. The minimum atomic E-state index is -0.746. The average Bonchev–Trinajstić information content (AvgIpc) is 2.38. The number of hydrogen-bond acceptors (Lipinski definition) is 4. The quantitative estimate of drug-likeness (QED) is 0.567. The van der Waals surface area contributed by atoms with Crippen LogP contribution in [0.5, 0.6) is 0 Å². The molecule has 1 aromatic rings. The van der Waals surface area contributed by atoms with Crippen LogP contribution in [-0.2, 0) is 9.53 Å². The van der Waals surface area contributed by atoms with Crippen LogP contribution in [0.1, 0.15) is 17.3 Å². The van der Waals surface area contributed by atoms with Crippen LogP contribution >= 0.6 is 0 Å². The van der Waals surface area contributed by atoms with E-state index in [1.807, 2.05) is 0 Å². The fourth-order valence-corrected chi connectivity index (χ4v) is 1.32. The zero-order valence-electron chi connectivity index (χ0n) is 10.8. The molecule has 104 valence electrons. The zero-order chi connectivity index (χ0) is 14.3. The Morgan fingerprint density at radius 1 is 1.53 bits per heavy atom. The second-order valence-electron chi connectivity index (χ2n) is 3.85. The first kappa shape index (κ1) is 15.0. The molecule has 0 saturated carbocycles. The number of carbonyl (C=O) groups excluding carboxylic acids is 2. The van der Waals surface area contributed by atoms with Crippen molar-refractivity contribution in [2.75, 3.05) is 20.3 Å². The van der Waals surface area contributed by atoms with E-state index in [0.29, 0.717) is 13.2 Å². The summed E-state index contributed by atoms with van der Waals surface area (Å²) in [5.74, 6) is -1.61. The van der Waals surface area contributed by atoms with Gasteiger partial charge < -0.3 is 15.4 Å². The standard InChI is InChI=1S/C12H16FN3O3/c1-8(11(17)15-5-6-19-2)16-12(18)9-3-4-14-10(13)7-9/h3-4,7-8H,5-6H2,1-2H3,(H,15,17)(H,16,18). The molecule has 2 amide bonds.